The van der Waals surface area contributed by atoms with Crippen molar-refractivity contribution in [2.24, 2.45) is 35.5 Å². The second-order valence-electron chi connectivity index (χ2n) is 35.0. The molecule has 18 rings (SSSR count). The van der Waals surface area contributed by atoms with E-state index in [1.807, 2.05) is 170 Å². The summed E-state index contributed by atoms with van der Waals surface area (Å²) in [5.74, 6) is 1.97. The molecule has 0 spiro atoms. The first-order valence-corrected chi connectivity index (χ1v) is 46.2. The monoisotopic (exact) mass is 1710 g/mol. The maximum Gasteiger partial charge on any atom is 0.185 e. The van der Waals surface area contributed by atoms with Crippen molar-refractivity contribution in [3.63, 3.8) is 0 Å². The summed E-state index contributed by atoms with van der Waals surface area (Å²) in [6.07, 6.45) is 20.9. The summed E-state index contributed by atoms with van der Waals surface area (Å²) in [6, 6.07) is 99.0. The Kier molecular flexibility index (Phi) is 37.1. The van der Waals surface area contributed by atoms with Crippen molar-refractivity contribution >= 4 is 34.7 Å². The number of halogens is 1. The Labute approximate surface area is 757 Å². The molecule has 9 aromatic carbocycles. The lowest BCUT2D eigenvalue weighted by Crippen LogP contribution is -2.38. The quantitative estimate of drug-likeness (QED) is 0.0525. The van der Waals surface area contributed by atoms with Crippen LogP contribution in [0, 0.1) is 48.2 Å². The summed E-state index contributed by atoms with van der Waals surface area (Å²) < 4.78 is 13.0. The molecular weight excluding hydrogens is 1590 g/mol. The third-order valence-corrected chi connectivity index (χ3v) is 25.1. The zero-order chi connectivity index (χ0) is 88.7. The number of carbonyl (C=O) groups excluding carboxylic acids is 6. The Morgan fingerprint density at radius 3 is 0.805 bits per heavy atom. The number of ketones is 6. The predicted molar refractivity (Wildman–Crippen MR) is 509 cm³/mol. The van der Waals surface area contributed by atoms with Crippen molar-refractivity contribution in [1.82, 2.24) is 44.4 Å². The standard InChI is InChI=1S/C20H23NO.C19H20FNO.C19H21NO.3C18H20N2O/c1-16-9-11-17(12-10-16)14-21-13-5-8-19(15-21)20(22)18-6-3-2-4-7-18;20-18-10-8-15(9-11-18)13-21-12-4-7-17(14-21)19(22)16-5-2-1-3-6-16;21-19(17-10-5-2-6-11-17)18-12-7-13-20(15-18)14-16-8-3-1-4-9-16;21-18(16-8-4-10-19-12-16)17-9-5-11-20(14-17)13-15-6-2-1-3-7-15;21-18(17-10-4-5-11-19-17)16-9-6-12-20(14-16)13-15-7-2-1-3-8-15;21-18(16-8-10-19-11-9-16)17-7-4-12-20(14-17)13-15-5-2-1-3-6-15/h2-4,6-7,9-12,19H,5,8,13-15H2,1H3;1-3,5-6,8-11,17H,4,7,12-14H2;1-6,8-11,18H,7,12-15H2;1-4,6-8,10,12,17H,5,9,11,13-14H2;1-5,7-8,10-11,16H,6,9,12-14H2;1-3,5-6,8-11,17H,4,7,12-14H2. The van der Waals surface area contributed by atoms with Crippen molar-refractivity contribution in [1.29, 1.82) is 0 Å². The molecule has 12 aromatic rings. The van der Waals surface area contributed by atoms with Gasteiger partial charge in [-0.25, -0.2) is 4.39 Å². The molecule has 0 N–H and O–H groups in total. The number of nitrogens with zero attached hydrogens (tertiary/aromatic N) is 9. The first-order chi connectivity index (χ1) is 62.7. The molecule has 6 saturated heterocycles. The number of Topliss-reactive ketones (excluding diaryl/α,β-unsaturated/α-hetero) is 6. The number of likely N-dealkylation sites (tertiary alicyclic amines) is 6. The molecule has 0 aliphatic carbocycles. The topological polar surface area (TPSA) is 161 Å². The average Bonchev–Trinajstić information content (AvgIpc) is 0.856. The molecule has 6 aliphatic rings. The van der Waals surface area contributed by atoms with Crippen molar-refractivity contribution in [3.05, 3.63) is 413 Å². The number of aromatic nitrogens is 3. The van der Waals surface area contributed by atoms with Crippen molar-refractivity contribution in [3.8, 4) is 0 Å². The molecule has 3 aromatic heterocycles. The summed E-state index contributed by atoms with van der Waals surface area (Å²) in [6.45, 7) is 19.0. The second kappa shape index (κ2) is 50.6. The number of benzene rings is 9. The lowest BCUT2D eigenvalue weighted by molar-refractivity contribution is 0.0801. The largest absolute Gasteiger partial charge is 0.298 e. The number of rotatable bonds is 24. The maximum atomic E-state index is 13.0. The van der Waals surface area contributed by atoms with Gasteiger partial charge in [-0.1, -0.05) is 260 Å². The van der Waals surface area contributed by atoms with Crippen LogP contribution < -0.4 is 0 Å². The Bertz CT molecular complexity index is 4740. The van der Waals surface area contributed by atoms with Gasteiger partial charge in [0.2, 0.25) is 0 Å². The smallest absolute Gasteiger partial charge is 0.185 e. The zero-order valence-corrected chi connectivity index (χ0v) is 74.3. The molecule has 0 amide bonds. The molecule has 9 heterocycles. The molecular formula is C112H124FN9O6. The van der Waals surface area contributed by atoms with Gasteiger partial charge >= 0.3 is 0 Å². The van der Waals surface area contributed by atoms with Gasteiger partial charge in [0.15, 0.2) is 34.7 Å². The number of hydrogen-bond acceptors (Lipinski definition) is 15. The second-order valence-corrected chi connectivity index (χ2v) is 35.0. The Hall–Kier alpha value is -11.9. The van der Waals surface area contributed by atoms with Gasteiger partial charge in [0, 0.05) is 173 Å². The van der Waals surface area contributed by atoms with Gasteiger partial charge in [-0.05, 0) is 205 Å². The number of piperidine rings is 6. The van der Waals surface area contributed by atoms with Gasteiger partial charge < -0.3 is 0 Å². The Morgan fingerprint density at radius 2 is 0.516 bits per heavy atom. The van der Waals surface area contributed by atoms with Crippen LogP contribution in [0.1, 0.15) is 178 Å². The highest BCUT2D eigenvalue weighted by Gasteiger charge is 2.33. The summed E-state index contributed by atoms with van der Waals surface area (Å²) >= 11 is 0. The van der Waals surface area contributed by atoms with Crippen LogP contribution in [0.3, 0.4) is 0 Å². The van der Waals surface area contributed by atoms with E-state index >= 15 is 0 Å². The number of hydrogen-bond donors (Lipinski definition) is 0. The minimum Gasteiger partial charge on any atom is -0.298 e. The molecule has 16 heteroatoms. The van der Waals surface area contributed by atoms with Crippen molar-refractivity contribution in [2.45, 2.75) is 123 Å². The van der Waals surface area contributed by atoms with Gasteiger partial charge in [-0.2, -0.15) is 0 Å². The molecule has 6 fully saturated rings. The van der Waals surface area contributed by atoms with Crippen molar-refractivity contribution < 1.29 is 33.2 Å². The van der Waals surface area contributed by atoms with Crippen LogP contribution in [0.4, 0.5) is 4.39 Å². The highest BCUT2D eigenvalue weighted by Crippen LogP contribution is 2.30. The van der Waals surface area contributed by atoms with E-state index in [1.54, 1.807) is 31.0 Å². The summed E-state index contributed by atoms with van der Waals surface area (Å²) in [5, 5.41) is 0. The van der Waals surface area contributed by atoms with E-state index < -0.39 is 0 Å². The van der Waals surface area contributed by atoms with Gasteiger partial charge in [-0.15, -0.1) is 0 Å². The molecule has 0 saturated carbocycles. The van der Waals surface area contributed by atoms with Gasteiger partial charge in [-0.3, -0.25) is 73.1 Å². The Balaban J connectivity index is 0.000000131. The lowest BCUT2D eigenvalue weighted by atomic mass is 9.90. The summed E-state index contributed by atoms with van der Waals surface area (Å²) in [4.78, 5) is 102. The molecule has 15 nitrogen and oxygen atoms in total. The van der Waals surface area contributed by atoms with Crippen LogP contribution in [-0.4, -0.2) is 158 Å². The molecule has 660 valence electrons. The van der Waals surface area contributed by atoms with Crippen LogP contribution in [0.15, 0.2) is 334 Å². The minimum absolute atomic E-state index is 0.0663. The van der Waals surface area contributed by atoms with E-state index in [1.165, 1.54) is 45.5 Å². The molecule has 6 unspecified atom stereocenters. The molecule has 128 heavy (non-hydrogen) atoms. The zero-order valence-electron chi connectivity index (χ0n) is 74.3. The van der Waals surface area contributed by atoms with Crippen molar-refractivity contribution in [2.75, 3.05) is 78.5 Å². The van der Waals surface area contributed by atoms with Crippen LogP contribution in [0.25, 0.3) is 0 Å². The first kappa shape index (κ1) is 93.8. The summed E-state index contributed by atoms with van der Waals surface area (Å²) in [7, 11) is 0. The molecule has 6 aliphatic heterocycles. The third kappa shape index (κ3) is 30.1. The fourth-order valence-corrected chi connectivity index (χ4v) is 18.4. The van der Waals surface area contributed by atoms with E-state index in [9.17, 15) is 33.2 Å². The normalized spacial score (nSPS) is 19.2. The summed E-state index contributed by atoms with van der Waals surface area (Å²) in [5.41, 5.74) is 13.6. The van der Waals surface area contributed by atoms with Crippen LogP contribution >= 0.6 is 0 Å². The van der Waals surface area contributed by atoms with E-state index in [-0.39, 0.29) is 64.5 Å². The van der Waals surface area contributed by atoms with Gasteiger partial charge in [0.05, 0.1) is 0 Å². The average molecular weight is 1710 g/mol. The maximum absolute atomic E-state index is 13.0. The molecule has 6 atom stereocenters. The number of aryl methyl sites for hydroxylation is 1. The van der Waals surface area contributed by atoms with E-state index in [0.717, 1.165) is 228 Å². The fourth-order valence-electron chi connectivity index (χ4n) is 18.4. The van der Waals surface area contributed by atoms with Gasteiger partial charge in [0.1, 0.15) is 11.5 Å². The lowest BCUT2D eigenvalue weighted by Gasteiger charge is -2.32. The Morgan fingerprint density at radius 1 is 0.258 bits per heavy atom. The third-order valence-electron chi connectivity index (χ3n) is 25.1. The van der Waals surface area contributed by atoms with Crippen LogP contribution in [0.2, 0.25) is 0 Å². The van der Waals surface area contributed by atoms with E-state index in [2.05, 4.69) is 173 Å². The first-order valence-electron chi connectivity index (χ1n) is 46.2. The van der Waals surface area contributed by atoms with Crippen LogP contribution in [-0.2, 0) is 39.3 Å². The number of carbonyl (C=O) groups is 6. The highest BCUT2D eigenvalue weighted by molar-refractivity contribution is 6.00. The predicted octanol–water partition coefficient (Wildman–Crippen LogP) is 21.3. The van der Waals surface area contributed by atoms with E-state index in [0.29, 0.717) is 17.3 Å². The highest BCUT2D eigenvalue weighted by atomic mass is 19.1. The number of pyridine rings is 3. The van der Waals surface area contributed by atoms with E-state index in [4.69, 9.17) is 0 Å². The van der Waals surface area contributed by atoms with Gasteiger partial charge in [0.25, 0.3) is 0 Å². The van der Waals surface area contributed by atoms with Crippen LogP contribution in [0.5, 0.6) is 0 Å². The SMILES string of the molecule is Cc1ccc(CN2CCCC(C(=O)c3ccccc3)C2)cc1.O=C(c1ccccc1)C1CCCN(Cc2ccc(F)cc2)C1.O=C(c1ccccc1)C1CCCN(Cc2ccccc2)C1.O=C(c1ccccn1)C1CCCN(Cc2ccccc2)C1.O=C(c1cccnc1)C1CCCN(Cc2ccccc2)C1.O=C(c1ccncc1)C1CCCN(Cc2ccccc2)C1. The molecule has 0 radical (unpaired) electrons. The fraction of sp³-hybridized carbons (Fsp3) is 0.330. The minimum atomic E-state index is -0.209. The molecule has 0 bridgehead atoms.